The van der Waals surface area contributed by atoms with Crippen LogP contribution in [0.1, 0.15) is 23.5 Å². The molecule has 1 aliphatic heterocycles. The first kappa shape index (κ1) is 8.95. The van der Waals surface area contributed by atoms with Crippen LogP contribution in [0.3, 0.4) is 0 Å². The number of halogens is 3. The zero-order valence-corrected chi connectivity index (χ0v) is 7.75. The van der Waals surface area contributed by atoms with Gasteiger partial charge in [0.15, 0.2) is 0 Å². The van der Waals surface area contributed by atoms with E-state index < -0.39 is 11.7 Å². The van der Waals surface area contributed by atoms with E-state index in [4.69, 9.17) is 0 Å². The maximum absolute atomic E-state index is 12.4. The average molecular weight is 211 g/mol. The molecular formula is C11H8F3N. The largest absolute Gasteiger partial charge is 0.416 e. The van der Waals surface area contributed by atoms with E-state index in [2.05, 4.69) is 4.99 Å². The van der Waals surface area contributed by atoms with E-state index in [1.54, 1.807) is 12.3 Å². The predicted molar refractivity (Wildman–Crippen MR) is 50.4 cm³/mol. The van der Waals surface area contributed by atoms with Crippen molar-refractivity contribution in [2.75, 3.05) is 0 Å². The molecule has 0 radical (unpaired) electrons. The topological polar surface area (TPSA) is 12.4 Å². The van der Waals surface area contributed by atoms with Crippen LogP contribution in [-0.4, -0.2) is 6.21 Å². The van der Waals surface area contributed by atoms with Crippen molar-refractivity contribution < 1.29 is 13.2 Å². The lowest BCUT2D eigenvalue weighted by Crippen LogP contribution is -2.05. The summed E-state index contributed by atoms with van der Waals surface area (Å²) in [5.41, 5.74) is 0.844. The molecule has 0 bridgehead atoms. The minimum Gasteiger partial charge on any atom is -0.261 e. The monoisotopic (exact) mass is 211 g/mol. The van der Waals surface area contributed by atoms with Gasteiger partial charge in [0, 0.05) is 12.1 Å². The Bertz CT molecular complexity index is 448. The van der Waals surface area contributed by atoms with Crippen molar-refractivity contribution in [3.63, 3.8) is 0 Å². The predicted octanol–water partition coefficient (Wildman–Crippen LogP) is 3.52. The number of fused-ring (bicyclic) bond motifs is 3. The van der Waals surface area contributed by atoms with Crippen LogP contribution in [0.2, 0.25) is 0 Å². The lowest BCUT2D eigenvalue weighted by molar-refractivity contribution is -0.137. The second-order valence-corrected chi connectivity index (χ2v) is 4.06. The molecule has 0 N–H and O–H groups in total. The third-order valence-corrected chi connectivity index (χ3v) is 3.00. The highest BCUT2D eigenvalue weighted by Crippen LogP contribution is 2.52. The number of hydrogen-bond donors (Lipinski definition) is 0. The van der Waals surface area contributed by atoms with Gasteiger partial charge in [0.1, 0.15) is 0 Å². The molecule has 0 amide bonds. The molecule has 0 aromatic heterocycles. The molecule has 2 unspecified atom stereocenters. The highest BCUT2D eigenvalue weighted by molar-refractivity contribution is 5.77. The van der Waals surface area contributed by atoms with Gasteiger partial charge < -0.3 is 0 Å². The Balaban J connectivity index is 2.08. The van der Waals surface area contributed by atoms with Crippen molar-refractivity contribution >= 4 is 11.9 Å². The summed E-state index contributed by atoms with van der Waals surface area (Å²) < 4.78 is 37.2. The van der Waals surface area contributed by atoms with Gasteiger partial charge in [-0.05, 0) is 30.0 Å². The molecule has 1 saturated carbocycles. The maximum Gasteiger partial charge on any atom is 0.416 e. The van der Waals surface area contributed by atoms with Crippen molar-refractivity contribution in [2.45, 2.75) is 18.5 Å². The van der Waals surface area contributed by atoms with Crippen LogP contribution in [0.15, 0.2) is 23.2 Å². The Labute approximate surface area is 84.6 Å². The fraction of sp³-hybridized carbons (Fsp3) is 0.364. The smallest absolute Gasteiger partial charge is 0.261 e. The second kappa shape index (κ2) is 2.62. The number of rotatable bonds is 0. The van der Waals surface area contributed by atoms with Crippen molar-refractivity contribution in [3.05, 3.63) is 29.3 Å². The summed E-state index contributed by atoms with van der Waals surface area (Å²) in [5, 5.41) is 0. The van der Waals surface area contributed by atoms with Crippen molar-refractivity contribution in [2.24, 2.45) is 10.9 Å². The molecule has 1 aromatic rings. The Kier molecular flexibility index (Phi) is 1.56. The average Bonchev–Trinajstić information content (AvgIpc) is 2.94. The zero-order valence-electron chi connectivity index (χ0n) is 7.75. The highest BCUT2D eigenvalue weighted by Gasteiger charge is 2.41. The number of nitrogens with zero attached hydrogens (tertiary/aromatic N) is 1. The number of hydrogen-bond acceptors (Lipinski definition) is 1. The lowest BCUT2D eigenvalue weighted by Gasteiger charge is -2.12. The third-order valence-electron chi connectivity index (χ3n) is 3.00. The van der Waals surface area contributed by atoms with Crippen LogP contribution in [-0.2, 0) is 6.18 Å². The van der Waals surface area contributed by atoms with Gasteiger partial charge in [-0.2, -0.15) is 13.2 Å². The third kappa shape index (κ3) is 1.35. The first-order chi connectivity index (χ1) is 7.05. The number of benzene rings is 1. The van der Waals surface area contributed by atoms with E-state index in [9.17, 15) is 13.2 Å². The molecule has 1 fully saturated rings. The molecule has 2 atom stereocenters. The van der Waals surface area contributed by atoms with Gasteiger partial charge in [-0.15, -0.1) is 0 Å². The Morgan fingerprint density at radius 1 is 1.27 bits per heavy atom. The summed E-state index contributed by atoms with van der Waals surface area (Å²) in [6, 6.07) is 3.86. The molecule has 78 valence electrons. The van der Waals surface area contributed by atoms with Crippen molar-refractivity contribution in [1.29, 1.82) is 0 Å². The standard InChI is InChI=1S/C11H8F3N/c12-11(13,14)7-1-2-8-9-3-6(9)5-15-10(8)4-7/h1-2,4-6,9H,3H2. The number of aliphatic imine (C=N–C) groups is 1. The van der Waals surface area contributed by atoms with Gasteiger partial charge in [-0.3, -0.25) is 4.99 Å². The molecule has 2 aliphatic rings. The Morgan fingerprint density at radius 3 is 2.80 bits per heavy atom. The maximum atomic E-state index is 12.4. The fourth-order valence-electron chi connectivity index (χ4n) is 2.06. The van der Waals surface area contributed by atoms with Crippen LogP contribution in [0.5, 0.6) is 0 Å². The first-order valence-corrected chi connectivity index (χ1v) is 4.81. The van der Waals surface area contributed by atoms with Gasteiger partial charge in [-0.1, -0.05) is 6.07 Å². The molecular weight excluding hydrogens is 203 g/mol. The minimum absolute atomic E-state index is 0.416. The van der Waals surface area contributed by atoms with Gasteiger partial charge in [0.25, 0.3) is 0 Å². The Morgan fingerprint density at radius 2 is 2.07 bits per heavy atom. The lowest BCUT2D eigenvalue weighted by atomic mass is 10.0. The zero-order chi connectivity index (χ0) is 10.6. The van der Waals surface area contributed by atoms with Gasteiger partial charge in [0.2, 0.25) is 0 Å². The SMILES string of the molecule is FC(F)(F)c1ccc2c(c1)N=CC1CC21. The van der Waals surface area contributed by atoms with E-state index in [0.717, 1.165) is 24.1 Å². The van der Waals surface area contributed by atoms with Gasteiger partial charge in [-0.25, -0.2) is 0 Å². The normalized spacial score (nSPS) is 27.1. The molecule has 1 nitrogen and oxygen atoms in total. The molecule has 1 aromatic carbocycles. The minimum atomic E-state index is -4.27. The van der Waals surface area contributed by atoms with Crippen molar-refractivity contribution in [3.8, 4) is 0 Å². The molecule has 4 heteroatoms. The number of alkyl halides is 3. The summed E-state index contributed by atoms with van der Waals surface area (Å²) in [5.74, 6) is 0.883. The summed E-state index contributed by atoms with van der Waals surface area (Å²) in [4.78, 5) is 4.06. The quantitative estimate of drug-likeness (QED) is 0.622. The van der Waals surface area contributed by atoms with E-state index in [0.29, 0.717) is 17.5 Å². The summed E-state index contributed by atoms with van der Waals surface area (Å²) in [7, 11) is 0. The van der Waals surface area contributed by atoms with Crippen LogP contribution in [0, 0.1) is 5.92 Å². The molecule has 3 rings (SSSR count). The summed E-state index contributed by atoms with van der Waals surface area (Å²) >= 11 is 0. The van der Waals surface area contributed by atoms with Crippen LogP contribution >= 0.6 is 0 Å². The fourth-order valence-corrected chi connectivity index (χ4v) is 2.06. The molecule has 0 spiro atoms. The van der Waals surface area contributed by atoms with Crippen LogP contribution in [0.25, 0.3) is 0 Å². The van der Waals surface area contributed by atoms with E-state index in [1.807, 2.05) is 0 Å². The molecule has 0 saturated heterocycles. The summed E-state index contributed by atoms with van der Waals surface area (Å²) in [6.45, 7) is 0. The second-order valence-electron chi connectivity index (χ2n) is 4.06. The van der Waals surface area contributed by atoms with E-state index in [-0.39, 0.29) is 0 Å². The Hall–Kier alpha value is -1.32. The van der Waals surface area contributed by atoms with Crippen LogP contribution in [0.4, 0.5) is 18.9 Å². The molecule has 1 heterocycles. The van der Waals surface area contributed by atoms with E-state index >= 15 is 0 Å². The summed E-state index contributed by atoms with van der Waals surface area (Å²) in [6.07, 6.45) is -1.47. The molecule has 15 heavy (non-hydrogen) atoms. The highest BCUT2D eigenvalue weighted by atomic mass is 19.4. The first-order valence-electron chi connectivity index (χ1n) is 4.81. The van der Waals surface area contributed by atoms with Crippen molar-refractivity contribution in [1.82, 2.24) is 0 Å². The van der Waals surface area contributed by atoms with Gasteiger partial charge >= 0.3 is 6.18 Å². The molecule has 1 aliphatic carbocycles. The van der Waals surface area contributed by atoms with Gasteiger partial charge in [0.05, 0.1) is 11.3 Å². The van der Waals surface area contributed by atoms with Crippen LogP contribution < -0.4 is 0 Å². The van der Waals surface area contributed by atoms with E-state index in [1.165, 1.54) is 0 Å².